The highest BCUT2D eigenvalue weighted by molar-refractivity contribution is 9.10. The van der Waals surface area contributed by atoms with Crippen LogP contribution in [0.5, 0.6) is 5.75 Å². The molecule has 0 bridgehead atoms. The van der Waals surface area contributed by atoms with E-state index in [1.807, 2.05) is 88.4 Å². The molecule has 0 amide bonds. The first kappa shape index (κ1) is 70.5. The maximum Gasteiger partial charge on any atom is 0.305 e. The lowest BCUT2D eigenvalue weighted by atomic mass is 10.0. The number of nitro groups is 1. The van der Waals surface area contributed by atoms with Gasteiger partial charge in [-0.25, -0.2) is 4.39 Å². The van der Waals surface area contributed by atoms with Crippen LogP contribution in [-0.4, -0.2) is 12.0 Å². The Labute approximate surface area is 496 Å². The first-order valence-corrected chi connectivity index (χ1v) is 28.6. The van der Waals surface area contributed by atoms with E-state index in [4.69, 9.17) is 56.9 Å². The largest absolute Gasteiger partial charge is 0.497 e. The molecule has 0 aromatic heterocycles. The van der Waals surface area contributed by atoms with Crippen molar-refractivity contribution in [1.82, 2.24) is 0 Å². The predicted molar refractivity (Wildman–Crippen MR) is 337 cm³/mol. The first-order chi connectivity index (χ1) is 36.0. The smallest absolute Gasteiger partial charge is 0.305 e. The van der Waals surface area contributed by atoms with Crippen molar-refractivity contribution < 1.29 is 18.4 Å². The number of hydrogen-bond donors (Lipinski definition) is 1. The molecule has 7 rings (SSSR count). The maximum absolute atomic E-state index is 12.8. The molecular weight excluding hydrogens is 1180 g/mol. The Morgan fingerprint density at radius 1 is 0.468 bits per heavy atom. The van der Waals surface area contributed by atoms with Crippen LogP contribution in [0.4, 0.5) is 20.2 Å². The number of nitrogen functional groups attached to an aromatic ring is 1. The van der Waals surface area contributed by atoms with Gasteiger partial charge in [0.05, 0.1) is 32.2 Å². The van der Waals surface area contributed by atoms with Crippen LogP contribution < -0.4 is 10.5 Å². The molecule has 7 aromatic rings. The molecule has 0 aliphatic carbocycles. The molecule has 0 unspecified atom stereocenters. The third-order valence-corrected chi connectivity index (χ3v) is 14.6. The summed E-state index contributed by atoms with van der Waals surface area (Å²) in [6.45, 7) is 29.5. The van der Waals surface area contributed by atoms with Crippen LogP contribution in [-0.2, 0) is 0 Å². The average molecular weight is 1260 g/mol. The Morgan fingerprint density at radius 2 is 0.883 bits per heavy atom. The van der Waals surface area contributed by atoms with Crippen molar-refractivity contribution >= 4 is 89.6 Å². The number of rotatable bonds is 9. The van der Waals surface area contributed by atoms with E-state index in [2.05, 4.69) is 150 Å². The highest BCUT2D eigenvalue weighted by Gasteiger charge is 2.15. The molecule has 13 heteroatoms. The number of methoxy groups -OCH3 is 1. The number of nitrogens with zero attached hydrogens (tertiary/aromatic N) is 1. The molecule has 418 valence electrons. The van der Waals surface area contributed by atoms with Gasteiger partial charge < -0.3 is 10.5 Å². The van der Waals surface area contributed by atoms with Crippen LogP contribution >= 0.6 is 78.3 Å². The number of halogens is 8. The van der Waals surface area contributed by atoms with E-state index >= 15 is 0 Å². The second-order valence-electron chi connectivity index (χ2n) is 20.0. The average Bonchev–Trinajstić information content (AvgIpc) is 3.37. The first-order valence-electron chi connectivity index (χ1n) is 25.5. The van der Waals surface area contributed by atoms with Crippen LogP contribution in [0.15, 0.2) is 155 Å². The van der Waals surface area contributed by atoms with Crippen LogP contribution in [0.3, 0.4) is 0 Å². The summed E-state index contributed by atoms with van der Waals surface area (Å²) < 4.78 is 32.5. The quantitative estimate of drug-likeness (QED) is 0.0676. The molecule has 77 heavy (non-hydrogen) atoms. The number of anilines is 1. The Balaban J connectivity index is 0.000000450. The zero-order chi connectivity index (χ0) is 58.7. The fourth-order valence-electron chi connectivity index (χ4n) is 6.50. The minimum absolute atomic E-state index is 0.166. The summed E-state index contributed by atoms with van der Waals surface area (Å²) >= 11 is 30.3. The van der Waals surface area contributed by atoms with Crippen molar-refractivity contribution in [2.45, 2.75) is 138 Å². The topological polar surface area (TPSA) is 78.4 Å². The second-order valence-corrected chi connectivity index (χ2v) is 23.4. The van der Waals surface area contributed by atoms with Gasteiger partial charge >= 0.3 is 5.69 Å². The van der Waals surface area contributed by atoms with E-state index in [1.54, 1.807) is 25.3 Å². The van der Waals surface area contributed by atoms with Crippen LogP contribution in [0.2, 0.25) is 20.1 Å². The Kier molecular flexibility index (Phi) is 33.6. The van der Waals surface area contributed by atoms with Gasteiger partial charge in [0.1, 0.15) is 11.6 Å². The molecule has 0 saturated heterocycles. The summed E-state index contributed by atoms with van der Waals surface area (Å²) in [6.07, 6.45) is 0. The zero-order valence-electron chi connectivity index (χ0n) is 47.2. The Hall–Kier alpha value is -4.48. The SMILES string of the molecule is CC(C)c1cc(Cl)c(Br)c(Cl)c1.CC(C)c1ccc(Br)cc1.CC(C)c1ccc(F)c(N)c1.CC(C)c1ccc(F)c([N+](=O)[O-])c1.CC(C)c1cccc(Cl)c1.CC(C)c1ccccc1Cl.COc1ccc(C(C)C)cc1. The number of benzene rings is 7. The van der Waals surface area contributed by atoms with Gasteiger partial charge in [0.15, 0.2) is 0 Å². The van der Waals surface area contributed by atoms with Gasteiger partial charge in [-0.05, 0) is 169 Å². The number of nitrogens with two attached hydrogens (primary N) is 1. The molecule has 2 N–H and O–H groups in total. The molecule has 0 radical (unpaired) electrons. The normalized spacial score (nSPS) is 10.5. The number of nitro benzene ring substituents is 1. The van der Waals surface area contributed by atoms with E-state index < -0.39 is 16.4 Å². The molecule has 0 heterocycles. The van der Waals surface area contributed by atoms with Crippen molar-refractivity contribution in [3.05, 3.63) is 235 Å². The summed E-state index contributed by atoms with van der Waals surface area (Å²) in [7, 11) is 1.68. The summed E-state index contributed by atoms with van der Waals surface area (Å²) in [4.78, 5) is 9.66. The van der Waals surface area contributed by atoms with Gasteiger partial charge in [0, 0.05) is 20.6 Å². The van der Waals surface area contributed by atoms with E-state index in [1.165, 1.54) is 34.4 Å². The maximum atomic E-state index is 12.8. The lowest BCUT2D eigenvalue weighted by molar-refractivity contribution is -0.387. The highest BCUT2D eigenvalue weighted by atomic mass is 79.9. The van der Waals surface area contributed by atoms with Gasteiger partial charge in [-0.1, -0.05) is 226 Å². The van der Waals surface area contributed by atoms with Gasteiger partial charge in [0.25, 0.3) is 0 Å². The third-order valence-electron chi connectivity index (χ3n) is 11.6. The predicted octanol–water partition coefficient (Wildman–Crippen LogP) is 23.6. The van der Waals surface area contributed by atoms with E-state index in [0.29, 0.717) is 45.6 Å². The standard InChI is InChI=1S/C10H14O.C9H9BrCl2.C9H11Br.2C9H11Cl.C9H10FNO2.C9H12FN/c1-8(2)9-4-6-10(11-3)7-5-9;1-5(2)6-3-7(11)9(10)8(12)4-6;1-7(2)8-3-5-9(10)6-4-8;1-7(2)8-4-3-5-9(10)6-8;1-7(2)8-5-3-4-6-9(8)10;1-6(2)7-3-4-8(10)9(5-7)11(12)13;1-6(2)7-3-4-8(10)9(11)5-7/h4-8H,1-3H3;3-5H,1-2H3;3*3-7H,1-2H3;3-6H,1-2H3;3-6H,11H2,1-2H3. The monoisotopic (exact) mass is 1260 g/mol. The van der Waals surface area contributed by atoms with Crippen molar-refractivity contribution in [1.29, 1.82) is 0 Å². The zero-order valence-corrected chi connectivity index (χ0v) is 53.4. The fourth-order valence-corrected chi connectivity index (χ4v) is 8.05. The molecule has 0 atom stereocenters. The molecule has 0 saturated carbocycles. The Bertz CT molecular complexity index is 2800. The molecule has 0 fully saturated rings. The van der Waals surface area contributed by atoms with E-state index in [0.717, 1.165) is 47.5 Å². The summed E-state index contributed by atoms with van der Waals surface area (Å²) in [5, 5.41) is 13.4. The number of ether oxygens (including phenoxy) is 1. The molecule has 5 nitrogen and oxygen atoms in total. The van der Waals surface area contributed by atoms with Crippen molar-refractivity contribution in [2.24, 2.45) is 0 Å². The lowest BCUT2D eigenvalue weighted by Crippen LogP contribution is -1.95. The highest BCUT2D eigenvalue weighted by Crippen LogP contribution is 2.34. The molecular formula is C64H78Br2Cl4F2N2O3. The molecule has 7 aromatic carbocycles. The second kappa shape index (κ2) is 36.6. The molecule has 0 aliphatic heterocycles. The van der Waals surface area contributed by atoms with Gasteiger partial charge in [-0.15, -0.1) is 0 Å². The summed E-state index contributed by atoms with van der Waals surface area (Å²) in [5.41, 5.74) is 13.4. The van der Waals surface area contributed by atoms with Gasteiger partial charge in [0.2, 0.25) is 5.82 Å². The van der Waals surface area contributed by atoms with Gasteiger partial charge in [-0.2, -0.15) is 4.39 Å². The van der Waals surface area contributed by atoms with Crippen molar-refractivity contribution in [3.8, 4) is 5.75 Å². The molecule has 0 aliphatic rings. The minimum Gasteiger partial charge on any atom is -0.497 e. The molecule has 0 spiro atoms. The van der Waals surface area contributed by atoms with Crippen LogP contribution in [0, 0.1) is 21.7 Å². The minimum atomic E-state index is -0.783. The summed E-state index contributed by atoms with van der Waals surface area (Å²) in [6, 6.07) is 45.3. The summed E-state index contributed by atoms with van der Waals surface area (Å²) in [5.74, 6) is 3.14. The van der Waals surface area contributed by atoms with E-state index in [9.17, 15) is 18.9 Å². The van der Waals surface area contributed by atoms with Crippen LogP contribution in [0.25, 0.3) is 0 Å². The Morgan fingerprint density at radius 3 is 1.26 bits per heavy atom. The lowest BCUT2D eigenvalue weighted by Gasteiger charge is -2.07. The van der Waals surface area contributed by atoms with Crippen molar-refractivity contribution in [3.63, 3.8) is 0 Å². The van der Waals surface area contributed by atoms with Gasteiger partial charge in [-0.3, -0.25) is 10.1 Å². The number of hydrogen-bond acceptors (Lipinski definition) is 4. The van der Waals surface area contributed by atoms with Crippen molar-refractivity contribution in [2.75, 3.05) is 12.8 Å². The third kappa shape index (κ3) is 27.3. The fraction of sp³-hybridized carbons (Fsp3) is 0.344. The van der Waals surface area contributed by atoms with Crippen LogP contribution in [0.1, 0.15) is 177 Å². The van der Waals surface area contributed by atoms with E-state index in [-0.39, 0.29) is 17.4 Å².